The van der Waals surface area contributed by atoms with Crippen molar-refractivity contribution in [1.82, 2.24) is 9.97 Å². The van der Waals surface area contributed by atoms with Crippen LogP contribution in [0, 0.1) is 6.92 Å². The molecule has 0 bridgehead atoms. The molecule has 72 valence electrons. The lowest BCUT2D eigenvalue weighted by atomic mass is 9.92. The SMILES string of the molecule is Cc1nc(N)c(Br)c(C(C)(C)C)n1. The Hall–Kier alpha value is -0.640. The van der Waals surface area contributed by atoms with Crippen molar-refractivity contribution in [3.8, 4) is 0 Å². The number of nitrogens with two attached hydrogens (primary N) is 1. The lowest BCUT2D eigenvalue weighted by Gasteiger charge is -2.20. The van der Waals surface area contributed by atoms with Gasteiger partial charge < -0.3 is 5.73 Å². The first-order chi connectivity index (χ1) is 5.82. The van der Waals surface area contributed by atoms with Crippen LogP contribution in [0.1, 0.15) is 32.3 Å². The maximum Gasteiger partial charge on any atom is 0.141 e. The lowest BCUT2D eigenvalue weighted by molar-refractivity contribution is 0.561. The second-order valence-electron chi connectivity index (χ2n) is 4.07. The number of anilines is 1. The minimum Gasteiger partial charge on any atom is -0.383 e. The summed E-state index contributed by atoms with van der Waals surface area (Å²) in [6.45, 7) is 8.13. The molecule has 0 aliphatic rings. The smallest absolute Gasteiger partial charge is 0.141 e. The second-order valence-corrected chi connectivity index (χ2v) is 4.86. The van der Waals surface area contributed by atoms with Crippen LogP contribution in [0.25, 0.3) is 0 Å². The quantitative estimate of drug-likeness (QED) is 0.762. The standard InChI is InChI=1S/C9H14BrN3/c1-5-12-7(9(2,3)4)6(10)8(11)13-5/h1-4H3,(H2,11,12,13). The molecule has 0 fully saturated rings. The van der Waals surface area contributed by atoms with Gasteiger partial charge in [-0.3, -0.25) is 0 Å². The summed E-state index contributed by atoms with van der Waals surface area (Å²) >= 11 is 3.40. The maximum absolute atomic E-state index is 5.72. The highest BCUT2D eigenvalue weighted by Gasteiger charge is 2.21. The number of halogens is 1. The van der Waals surface area contributed by atoms with E-state index in [0.717, 1.165) is 10.2 Å². The molecule has 0 spiro atoms. The number of rotatable bonds is 0. The van der Waals surface area contributed by atoms with E-state index >= 15 is 0 Å². The van der Waals surface area contributed by atoms with E-state index in [-0.39, 0.29) is 5.41 Å². The van der Waals surface area contributed by atoms with Crippen LogP contribution in [-0.4, -0.2) is 9.97 Å². The van der Waals surface area contributed by atoms with Crippen LogP contribution in [0.4, 0.5) is 5.82 Å². The number of nitrogen functional groups attached to an aromatic ring is 1. The van der Waals surface area contributed by atoms with Gasteiger partial charge >= 0.3 is 0 Å². The third kappa shape index (κ3) is 2.18. The molecule has 0 unspecified atom stereocenters. The van der Waals surface area contributed by atoms with E-state index in [4.69, 9.17) is 5.73 Å². The highest BCUT2D eigenvalue weighted by Crippen LogP contribution is 2.30. The maximum atomic E-state index is 5.72. The Morgan fingerprint density at radius 1 is 1.23 bits per heavy atom. The normalized spacial score (nSPS) is 11.8. The first-order valence-corrected chi connectivity index (χ1v) is 4.92. The molecule has 2 N–H and O–H groups in total. The average molecular weight is 244 g/mol. The summed E-state index contributed by atoms with van der Waals surface area (Å²) in [5.41, 5.74) is 6.66. The zero-order chi connectivity index (χ0) is 10.2. The molecule has 4 heteroatoms. The van der Waals surface area contributed by atoms with Gasteiger partial charge in [-0.15, -0.1) is 0 Å². The molecule has 1 aromatic heterocycles. The molecule has 3 nitrogen and oxygen atoms in total. The van der Waals surface area contributed by atoms with E-state index < -0.39 is 0 Å². The van der Waals surface area contributed by atoms with Crippen molar-refractivity contribution in [2.75, 3.05) is 5.73 Å². The van der Waals surface area contributed by atoms with Gasteiger partial charge in [0.25, 0.3) is 0 Å². The van der Waals surface area contributed by atoms with Crippen LogP contribution < -0.4 is 5.73 Å². The molecule has 1 rings (SSSR count). The van der Waals surface area contributed by atoms with Gasteiger partial charge in [-0.25, -0.2) is 9.97 Å². The van der Waals surface area contributed by atoms with Crippen molar-refractivity contribution in [2.45, 2.75) is 33.1 Å². The van der Waals surface area contributed by atoms with E-state index in [0.29, 0.717) is 11.6 Å². The molecule has 0 aliphatic heterocycles. The van der Waals surface area contributed by atoms with E-state index in [9.17, 15) is 0 Å². The number of nitrogens with zero attached hydrogens (tertiary/aromatic N) is 2. The van der Waals surface area contributed by atoms with Gasteiger partial charge in [0.2, 0.25) is 0 Å². The minimum absolute atomic E-state index is 0.0132. The van der Waals surface area contributed by atoms with Gasteiger partial charge in [0.05, 0.1) is 10.2 Å². The number of aryl methyl sites for hydroxylation is 1. The Labute approximate surface area is 86.9 Å². The van der Waals surface area contributed by atoms with Gasteiger partial charge in [-0.05, 0) is 22.9 Å². The van der Waals surface area contributed by atoms with E-state index in [1.54, 1.807) is 0 Å². The van der Waals surface area contributed by atoms with Crippen LogP contribution in [0.5, 0.6) is 0 Å². The van der Waals surface area contributed by atoms with Gasteiger partial charge in [0.15, 0.2) is 0 Å². The fourth-order valence-electron chi connectivity index (χ4n) is 1.08. The van der Waals surface area contributed by atoms with Gasteiger partial charge in [-0.1, -0.05) is 20.8 Å². The number of aromatic nitrogens is 2. The zero-order valence-corrected chi connectivity index (χ0v) is 9.94. The second kappa shape index (κ2) is 3.25. The molecule has 0 radical (unpaired) electrons. The third-order valence-electron chi connectivity index (χ3n) is 1.70. The summed E-state index contributed by atoms with van der Waals surface area (Å²) in [5, 5.41) is 0. The number of hydrogen-bond donors (Lipinski definition) is 1. The Kier molecular flexibility index (Phi) is 2.61. The van der Waals surface area contributed by atoms with Crippen molar-refractivity contribution in [2.24, 2.45) is 0 Å². The molecule has 0 aromatic carbocycles. The van der Waals surface area contributed by atoms with Crippen LogP contribution in [0.15, 0.2) is 4.47 Å². The predicted octanol–water partition coefficient (Wildman–Crippen LogP) is 2.43. The summed E-state index contributed by atoms with van der Waals surface area (Å²) < 4.78 is 0.811. The van der Waals surface area contributed by atoms with Gasteiger partial charge in [0, 0.05) is 5.41 Å². The monoisotopic (exact) mass is 243 g/mol. The highest BCUT2D eigenvalue weighted by atomic mass is 79.9. The van der Waals surface area contributed by atoms with Crippen LogP contribution in [-0.2, 0) is 5.41 Å². The Morgan fingerprint density at radius 2 is 1.77 bits per heavy atom. The first-order valence-electron chi connectivity index (χ1n) is 4.12. The first kappa shape index (κ1) is 10.4. The highest BCUT2D eigenvalue weighted by molar-refractivity contribution is 9.10. The van der Waals surface area contributed by atoms with E-state index in [1.807, 2.05) is 6.92 Å². The minimum atomic E-state index is -0.0132. The van der Waals surface area contributed by atoms with Crippen molar-refractivity contribution < 1.29 is 0 Å². The topological polar surface area (TPSA) is 51.8 Å². The summed E-state index contributed by atoms with van der Waals surface area (Å²) in [4.78, 5) is 8.43. The largest absolute Gasteiger partial charge is 0.383 e. The van der Waals surface area contributed by atoms with Crippen molar-refractivity contribution >= 4 is 21.7 Å². The predicted molar refractivity (Wildman–Crippen MR) is 57.6 cm³/mol. The van der Waals surface area contributed by atoms with Crippen molar-refractivity contribution in [1.29, 1.82) is 0 Å². The Balaban J connectivity index is 3.37. The summed E-state index contributed by atoms with van der Waals surface area (Å²) in [6.07, 6.45) is 0. The molecule has 0 saturated carbocycles. The fraction of sp³-hybridized carbons (Fsp3) is 0.556. The summed E-state index contributed by atoms with van der Waals surface area (Å²) in [5.74, 6) is 1.23. The molecule has 0 aliphatic carbocycles. The average Bonchev–Trinajstić information content (AvgIpc) is 1.94. The molecular weight excluding hydrogens is 230 g/mol. The van der Waals surface area contributed by atoms with E-state index in [1.165, 1.54) is 0 Å². The van der Waals surface area contributed by atoms with Crippen LogP contribution in [0.2, 0.25) is 0 Å². The molecule has 0 amide bonds. The van der Waals surface area contributed by atoms with Gasteiger partial charge in [0.1, 0.15) is 11.6 Å². The van der Waals surface area contributed by atoms with Crippen molar-refractivity contribution in [3.63, 3.8) is 0 Å². The van der Waals surface area contributed by atoms with E-state index in [2.05, 4.69) is 46.7 Å². The molecule has 13 heavy (non-hydrogen) atoms. The Bertz CT molecular complexity index is 328. The third-order valence-corrected chi connectivity index (χ3v) is 2.48. The Morgan fingerprint density at radius 3 is 2.23 bits per heavy atom. The molecular formula is C9H14BrN3. The zero-order valence-electron chi connectivity index (χ0n) is 8.35. The van der Waals surface area contributed by atoms with Crippen molar-refractivity contribution in [3.05, 3.63) is 16.0 Å². The lowest BCUT2D eigenvalue weighted by Crippen LogP contribution is -2.17. The van der Waals surface area contributed by atoms with Crippen LogP contribution >= 0.6 is 15.9 Å². The fourth-order valence-corrected chi connectivity index (χ4v) is 1.85. The van der Waals surface area contributed by atoms with Gasteiger partial charge in [-0.2, -0.15) is 0 Å². The summed E-state index contributed by atoms with van der Waals surface area (Å²) in [7, 11) is 0. The summed E-state index contributed by atoms with van der Waals surface area (Å²) in [6, 6.07) is 0. The molecule has 0 saturated heterocycles. The van der Waals surface area contributed by atoms with Crippen LogP contribution in [0.3, 0.4) is 0 Å². The molecule has 1 heterocycles. The number of hydrogen-bond acceptors (Lipinski definition) is 3. The molecule has 0 atom stereocenters. The molecule has 1 aromatic rings.